The number of anilines is 2. The van der Waals surface area contributed by atoms with Crippen molar-refractivity contribution in [1.29, 1.82) is 0 Å². The van der Waals surface area contributed by atoms with Crippen LogP contribution in [0.3, 0.4) is 0 Å². The number of nitrogens with zero attached hydrogens (tertiary/aromatic N) is 1. The van der Waals surface area contributed by atoms with E-state index >= 15 is 0 Å². The van der Waals surface area contributed by atoms with Crippen LogP contribution < -0.4 is 15.0 Å². The van der Waals surface area contributed by atoms with Gasteiger partial charge < -0.3 is 10.1 Å². The summed E-state index contributed by atoms with van der Waals surface area (Å²) in [4.78, 5) is 27.9. The van der Waals surface area contributed by atoms with E-state index in [1.165, 1.54) is 13.2 Å². The molecule has 0 fully saturated rings. The second-order valence-corrected chi connectivity index (χ2v) is 7.45. The molecule has 3 aromatic rings. The van der Waals surface area contributed by atoms with Crippen LogP contribution in [0.4, 0.5) is 20.2 Å². The Morgan fingerprint density at radius 2 is 1.53 bits per heavy atom. The van der Waals surface area contributed by atoms with E-state index in [4.69, 9.17) is 4.74 Å². The molecule has 1 heterocycles. The predicted molar refractivity (Wildman–Crippen MR) is 118 cm³/mol. The number of nitrogens with one attached hydrogen (secondary N) is 1. The Hall–Kier alpha value is -4.00. The number of carbonyl (C=O) groups is 2. The monoisotopic (exact) mass is 434 g/mol. The number of halogens is 2. The number of ether oxygens (including phenoxy) is 1. The topological polar surface area (TPSA) is 58.6 Å². The van der Waals surface area contributed by atoms with Crippen LogP contribution >= 0.6 is 0 Å². The Morgan fingerprint density at radius 1 is 0.812 bits per heavy atom. The molecule has 4 rings (SSSR count). The molecule has 162 valence electrons. The van der Waals surface area contributed by atoms with Gasteiger partial charge in [-0.2, -0.15) is 0 Å². The van der Waals surface area contributed by atoms with Crippen molar-refractivity contribution in [3.63, 3.8) is 0 Å². The number of carbonyl (C=O) groups excluding carboxylic acids is 2. The van der Waals surface area contributed by atoms with Crippen molar-refractivity contribution in [2.75, 3.05) is 17.3 Å². The minimum Gasteiger partial charge on any atom is -0.497 e. The van der Waals surface area contributed by atoms with E-state index in [0.717, 1.165) is 28.2 Å². The number of aryl methyl sites for hydroxylation is 2. The molecule has 0 unspecified atom stereocenters. The molecule has 2 amide bonds. The van der Waals surface area contributed by atoms with Gasteiger partial charge >= 0.3 is 0 Å². The summed E-state index contributed by atoms with van der Waals surface area (Å²) in [5.74, 6) is -2.59. The molecule has 5 nitrogen and oxygen atoms in total. The summed E-state index contributed by atoms with van der Waals surface area (Å²) in [6.07, 6.45) is 0. The van der Waals surface area contributed by atoms with Gasteiger partial charge in [0.2, 0.25) is 0 Å². The first-order chi connectivity index (χ1) is 15.3. The Balaban J connectivity index is 1.82. The summed E-state index contributed by atoms with van der Waals surface area (Å²) in [7, 11) is 1.52. The van der Waals surface area contributed by atoms with Gasteiger partial charge in [0.1, 0.15) is 11.4 Å². The maximum Gasteiger partial charge on any atom is 0.282 e. The normalized spacial score (nSPS) is 13.7. The Kier molecular flexibility index (Phi) is 5.48. The maximum absolute atomic E-state index is 13.7. The highest BCUT2D eigenvalue weighted by atomic mass is 19.2. The number of methoxy groups -OCH3 is 1. The molecule has 1 aliphatic heterocycles. The largest absolute Gasteiger partial charge is 0.497 e. The number of imide groups is 1. The molecule has 0 saturated heterocycles. The molecule has 0 spiro atoms. The van der Waals surface area contributed by atoms with Gasteiger partial charge in [-0.15, -0.1) is 0 Å². The third-order valence-electron chi connectivity index (χ3n) is 5.40. The van der Waals surface area contributed by atoms with Gasteiger partial charge in [-0.1, -0.05) is 18.2 Å². The van der Waals surface area contributed by atoms with E-state index < -0.39 is 23.4 Å². The molecule has 0 bridgehead atoms. The smallest absolute Gasteiger partial charge is 0.282 e. The second kappa shape index (κ2) is 8.26. The molecular formula is C25H20F2N2O3. The molecule has 7 heteroatoms. The van der Waals surface area contributed by atoms with Crippen LogP contribution in [0.1, 0.15) is 16.7 Å². The van der Waals surface area contributed by atoms with Crippen molar-refractivity contribution < 1.29 is 23.1 Å². The number of rotatable bonds is 5. The van der Waals surface area contributed by atoms with Crippen LogP contribution in [-0.2, 0) is 9.59 Å². The van der Waals surface area contributed by atoms with Gasteiger partial charge in [0, 0.05) is 11.8 Å². The molecule has 0 atom stereocenters. The van der Waals surface area contributed by atoms with Gasteiger partial charge in [-0.3, -0.25) is 9.59 Å². The van der Waals surface area contributed by atoms with E-state index in [2.05, 4.69) is 5.32 Å². The molecule has 0 saturated carbocycles. The number of hydrogen-bond donors (Lipinski definition) is 1. The zero-order valence-electron chi connectivity index (χ0n) is 17.7. The summed E-state index contributed by atoms with van der Waals surface area (Å²) in [6, 6.07) is 15.2. The zero-order valence-corrected chi connectivity index (χ0v) is 17.7. The minimum atomic E-state index is -1.07. The standard InChI is InChI=1S/C25H20F2N2O3/c1-14-4-8-18(12-15(14)2)29-24(30)22(16-5-9-19(32-3)10-6-16)23(25(29)31)28-17-7-11-20(26)21(27)13-17/h4-13,28H,1-3H3. The average Bonchev–Trinajstić information content (AvgIpc) is 3.02. The Morgan fingerprint density at radius 3 is 2.16 bits per heavy atom. The summed E-state index contributed by atoms with van der Waals surface area (Å²) >= 11 is 0. The van der Waals surface area contributed by atoms with E-state index in [-0.39, 0.29) is 17.0 Å². The van der Waals surface area contributed by atoms with Gasteiger partial charge in [-0.25, -0.2) is 13.7 Å². The Bertz CT molecular complexity index is 1270. The van der Waals surface area contributed by atoms with Gasteiger partial charge in [-0.05, 0) is 66.9 Å². The molecule has 1 N–H and O–H groups in total. The fraction of sp³-hybridized carbons (Fsp3) is 0.120. The highest BCUT2D eigenvalue weighted by molar-refractivity contribution is 6.46. The van der Waals surface area contributed by atoms with Gasteiger partial charge in [0.25, 0.3) is 11.8 Å². The van der Waals surface area contributed by atoms with Crippen LogP contribution in [-0.4, -0.2) is 18.9 Å². The van der Waals surface area contributed by atoms with E-state index in [1.54, 1.807) is 36.4 Å². The SMILES string of the molecule is COc1ccc(C2=C(Nc3ccc(F)c(F)c3)C(=O)N(c3ccc(C)c(C)c3)C2=O)cc1. The zero-order chi connectivity index (χ0) is 23.0. The van der Waals surface area contributed by atoms with E-state index in [1.807, 2.05) is 19.9 Å². The van der Waals surface area contributed by atoms with Crippen LogP contribution in [0.25, 0.3) is 5.57 Å². The highest BCUT2D eigenvalue weighted by Gasteiger charge is 2.40. The lowest BCUT2D eigenvalue weighted by Crippen LogP contribution is -2.32. The average molecular weight is 434 g/mol. The van der Waals surface area contributed by atoms with Crippen molar-refractivity contribution in [2.24, 2.45) is 0 Å². The molecule has 0 radical (unpaired) electrons. The van der Waals surface area contributed by atoms with Gasteiger partial charge in [0.15, 0.2) is 11.6 Å². The molecule has 1 aliphatic rings. The first-order valence-electron chi connectivity index (χ1n) is 9.87. The fourth-order valence-corrected chi connectivity index (χ4v) is 3.49. The third kappa shape index (κ3) is 3.73. The highest BCUT2D eigenvalue weighted by Crippen LogP contribution is 2.35. The second-order valence-electron chi connectivity index (χ2n) is 7.45. The lowest BCUT2D eigenvalue weighted by atomic mass is 10.0. The fourth-order valence-electron chi connectivity index (χ4n) is 3.49. The van der Waals surface area contributed by atoms with Crippen molar-refractivity contribution >= 4 is 28.8 Å². The number of amides is 2. The first kappa shape index (κ1) is 21.2. The molecule has 0 aliphatic carbocycles. The van der Waals surface area contributed by atoms with E-state index in [0.29, 0.717) is 17.0 Å². The van der Waals surface area contributed by atoms with Crippen LogP contribution in [0, 0.1) is 25.5 Å². The molecular weight excluding hydrogens is 414 g/mol. The van der Waals surface area contributed by atoms with Crippen LogP contribution in [0.5, 0.6) is 5.75 Å². The lowest BCUT2D eigenvalue weighted by Gasteiger charge is -2.17. The van der Waals surface area contributed by atoms with Crippen molar-refractivity contribution in [3.05, 3.63) is 94.7 Å². The van der Waals surface area contributed by atoms with Crippen molar-refractivity contribution in [1.82, 2.24) is 0 Å². The lowest BCUT2D eigenvalue weighted by molar-refractivity contribution is -0.120. The maximum atomic E-state index is 13.7. The molecule has 32 heavy (non-hydrogen) atoms. The molecule has 0 aromatic heterocycles. The summed E-state index contributed by atoms with van der Waals surface area (Å²) < 4.78 is 32.3. The van der Waals surface area contributed by atoms with Crippen LogP contribution in [0.2, 0.25) is 0 Å². The third-order valence-corrected chi connectivity index (χ3v) is 5.40. The van der Waals surface area contributed by atoms with Crippen LogP contribution in [0.15, 0.2) is 66.4 Å². The summed E-state index contributed by atoms with van der Waals surface area (Å²) in [5, 5.41) is 2.82. The first-order valence-corrected chi connectivity index (χ1v) is 9.87. The minimum absolute atomic E-state index is 0.0237. The summed E-state index contributed by atoms with van der Waals surface area (Å²) in [5.41, 5.74) is 3.11. The Labute approximate surface area is 183 Å². The number of hydrogen-bond acceptors (Lipinski definition) is 4. The van der Waals surface area contributed by atoms with Crippen molar-refractivity contribution in [3.8, 4) is 5.75 Å². The van der Waals surface area contributed by atoms with Gasteiger partial charge in [0.05, 0.1) is 18.4 Å². The van der Waals surface area contributed by atoms with E-state index in [9.17, 15) is 18.4 Å². The predicted octanol–water partition coefficient (Wildman–Crippen LogP) is 4.99. The summed E-state index contributed by atoms with van der Waals surface area (Å²) in [6.45, 7) is 3.83. The van der Waals surface area contributed by atoms with Crippen molar-refractivity contribution in [2.45, 2.75) is 13.8 Å². The number of benzene rings is 3. The quantitative estimate of drug-likeness (QED) is 0.575. The molecule has 3 aromatic carbocycles.